The SMILES string of the molecule is CCC[C@@]1(O)C(=O)OCc2c1cc1n(c2=O)Cc2c-1nc1cc(F)c(C)c3c1c2[C@@H](NC(=O)COCNC(=O)CNC(=O)CNC(=O)CNC(=O)CNC(=O)CNC(=O)CCN1C(=O)C=CC1=O)CC3. The lowest BCUT2D eigenvalue weighted by Crippen LogP contribution is -2.46. The number of cyclic esters (lactones) is 1. The molecule has 370 valence electrons. The molecule has 3 aliphatic heterocycles. The first-order valence-electron chi connectivity index (χ1n) is 22.2. The average molecular weight is 973 g/mol. The number of rotatable bonds is 20. The summed E-state index contributed by atoms with van der Waals surface area (Å²) in [6, 6.07) is 2.25. The molecular weight excluding hydrogens is 924 g/mol. The summed E-state index contributed by atoms with van der Waals surface area (Å²) in [6.07, 6.45) is 3.11. The van der Waals surface area contributed by atoms with E-state index in [4.69, 9.17) is 14.5 Å². The fraction of sp³-hybridized carbons (Fsp3) is 0.422. The fourth-order valence-corrected chi connectivity index (χ4v) is 8.63. The van der Waals surface area contributed by atoms with E-state index in [9.17, 15) is 57.8 Å². The molecule has 4 aliphatic rings. The van der Waals surface area contributed by atoms with Crippen molar-refractivity contribution < 1.29 is 66.9 Å². The van der Waals surface area contributed by atoms with Gasteiger partial charge in [-0.1, -0.05) is 13.3 Å². The number of nitrogens with zero attached hydrogens (tertiary/aromatic N) is 3. The molecule has 0 unspecified atom stereocenters. The molecule has 8 N–H and O–H groups in total. The number of aryl methyl sites for hydroxylation is 1. The lowest BCUT2D eigenvalue weighted by molar-refractivity contribution is -0.172. The third-order valence-electron chi connectivity index (χ3n) is 12.1. The summed E-state index contributed by atoms with van der Waals surface area (Å²) in [5.74, 6) is -7.30. The number of carbonyl (C=O) groups is 10. The Balaban J connectivity index is 0.827. The van der Waals surface area contributed by atoms with Gasteiger partial charge >= 0.3 is 5.97 Å². The van der Waals surface area contributed by atoms with E-state index < -0.39 is 128 Å². The number of benzene rings is 1. The van der Waals surface area contributed by atoms with Crippen molar-refractivity contribution in [2.24, 2.45) is 0 Å². The van der Waals surface area contributed by atoms with Crippen LogP contribution in [0.1, 0.15) is 72.0 Å². The summed E-state index contributed by atoms with van der Waals surface area (Å²) in [5, 5.41) is 28.7. The molecule has 24 nitrogen and oxygen atoms in total. The second-order valence-corrected chi connectivity index (χ2v) is 16.8. The van der Waals surface area contributed by atoms with E-state index in [0.717, 1.165) is 22.6 Å². The summed E-state index contributed by atoms with van der Waals surface area (Å²) >= 11 is 0. The lowest BCUT2D eigenvalue weighted by atomic mass is 9.81. The van der Waals surface area contributed by atoms with Crippen LogP contribution in [-0.2, 0) is 82.6 Å². The molecular formula is C45H49FN10O14. The summed E-state index contributed by atoms with van der Waals surface area (Å²) < 4.78 is 27.4. The highest BCUT2D eigenvalue weighted by Gasteiger charge is 2.46. The Hall–Kier alpha value is -7.93. The van der Waals surface area contributed by atoms with Crippen LogP contribution in [0.15, 0.2) is 29.1 Å². The van der Waals surface area contributed by atoms with E-state index in [-0.39, 0.29) is 43.7 Å². The number of aliphatic hydroxyl groups is 1. The molecule has 9 amide bonds. The fourth-order valence-electron chi connectivity index (χ4n) is 8.63. The lowest BCUT2D eigenvalue weighted by Gasteiger charge is -2.32. The molecule has 0 saturated carbocycles. The van der Waals surface area contributed by atoms with E-state index in [2.05, 4.69) is 37.2 Å². The average Bonchev–Trinajstić information content (AvgIpc) is 3.87. The number of aromatic nitrogens is 2. The first-order chi connectivity index (χ1) is 33.4. The number of fused-ring (bicyclic) bond motifs is 5. The normalized spacial score (nSPS) is 17.2. The maximum Gasteiger partial charge on any atom is 0.343 e. The van der Waals surface area contributed by atoms with Gasteiger partial charge in [0.1, 0.15) is 25.8 Å². The zero-order chi connectivity index (χ0) is 50.4. The van der Waals surface area contributed by atoms with Crippen molar-refractivity contribution in [3.63, 3.8) is 0 Å². The van der Waals surface area contributed by atoms with Crippen molar-refractivity contribution in [3.05, 3.63) is 73.8 Å². The van der Waals surface area contributed by atoms with Gasteiger partial charge in [0.25, 0.3) is 17.4 Å². The number of imide groups is 1. The maximum absolute atomic E-state index is 15.3. The highest BCUT2D eigenvalue weighted by atomic mass is 19.1. The van der Waals surface area contributed by atoms with Crippen LogP contribution in [0.4, 0.5) is 4.39 Å². The summed E-state index contributed by atoms with van der Waals surface area (Å²) in [6.45, 7) is -0.568. The van der Waals surface area contributed by atoms with Gasteiger partial charge in [-0.3, -0.25) is 52.8 Å². The Morgan fingerprint density at radius 1 is 0.814 bits per heavy atom. The second kappa shape index (κ2) is 21.2. The molecule has 2 aromatic heterocycles. The molecule has 0 bridgehead atoms. The van der Waals surface area contributed by atoms with Crippen molar-refractivity contribution in [1.29, 1.82) is 0 Å². The number of amides is 9. The van der Waals surface area contributed by atoms with Crippen LogP contribution >= 0.6 is 0 Å². The van der Waals surface area contributed by atoms with Gasteiger partial charge in [-0.25, -0.2) is 14.2 Å². The molecule has 0 fully saturated rings. The van der Waals surface area contributed by atoms with Gasteiger partial charge in [0.2, 0.25) is 41.4 Å². The standard InChI is InChI=1S/C45H49FN10O14/c1-3-9-45(68)26-11-30-42-24(18-56(30)43(66)25(26)19-70-44(45)67)41-28(5-4-23-22(2)27(46)12-29(54-42)40(23)41)53-37(63)20-69-21-52-36(62)17-51-35(61)16-50-34(60)15-49-33(59)14-48-32(58)13-47-31(57)8-10-55-38(64)6-7-39(55)65/h6-7,11-12,28,68H,3-5,8-10,13-21H2,1-2H3,(H,47,57)(H,48,58)(H,49,59)(H,50,60)(H,51,61)(H,52,62)(H,53,63)/t28-,45-/m0/s1. The number of hydrogen-bond donors (Lipinski definition) is 8. The largest absolute Gasteiger partial charge is 0.458 e. The van der Waals surface area contributed by atoms with Gasteiger partial charge in [-0.05, 0) is 48.9 Å². The molecule has 0 saturated heterocycles. The molecule has 5 heterocycles. The number of carbonyl (C=O) groups excluding carboxylic acids is 10. The maximum atomic E-state index is 15.3. The van der Waals surface area contributed by atoms with Crippen molar-refractivity contribution in [2.75, 3.05) is 52.6 Å². The first-order valence-corrected chi connectivity index (χ1v) is 22.2. The third-order valence-corrected chi connectivity index (χ3v) is 12.1. The van der Waals surface area contributed by atoms with E-state index >= 15 is 4.39 Å². The van der Waals surface area contributed by atoms with Gasteiger partial charge in [0, 0.05) is 47.7 Å². The van der Waals surface area contributed by atoms with Gasteiger partial charge < -0.3 is 56.4 Å². The summed E-state index contributed by atoms with van der Waals surface area (Å²) in [4.78, 5) is 141. The summed E-state index contributed by atoms with van der Waals surface area (Å²) in [7, 11) is 0. The van der Waals surface area contributed by atoms with Gasteiger partial charge in [0.15, 0.2) is 5.60 Å². The topological polar surface area (TPSA) is 332 Å². The Bertz CT molecular complexity index is 2830. The molecule has 1 aliphatic carbocycles. The zero-order valence-corrected chi connectivity index (χ0v) is 38.0. The van der Waals surface area contributed by atoms with Gasteiger partial charge in [0.05, 0.1) is 67.8 Å². The molecule has 7 rings (SSSR count). The van der Waals surface area contributed by atoms with Gasteiger partial charge in [-0.2, -0.15) is 0 Å². The predicted molar refractivity (Wildman–Crippen MR) is 238 cm³/mol. The number of halogens is 1. The monoisotopic (exact) mass is 972 g/mol. The summed E-state index contributed by atoms with van der Waals surface area (Å²) in [5.41, 5.74) is 1.16. The number of hydrogen-bond acceptors (Lipinski definition) is 15. The smallest absolute Gasteiger partial charge is 0.343 e. The second-order valence-electron chi connectivity index (χ2n) is 16.8. The van der Waals surface area contributed by atoms with Gasteiger partial charge in [-0.15, -0.1) is 0 Å². The van der Waals surface area contributed by atoms with E-state index in [1.165, 1.54) is 10.6 Å². The Kier molecular flexibility index (Phi) is 15.1. The van der Waals surface area contributed by atoms with Crippen LogP contribution in [0.5, 0.6) is 0 Å². The molecule has 3 aromatic rings. The predicted octanol–water partition coefficient (Wildman–Crippen LogP) is -2.99. The van der Waals surface area contributed by atoms with Crippen LogP contribution in [-0.4, -0.2) is 131 Å². The number of nitrogens with one attached hydrogen (secondary N) is 7. The number of ether oxygens (including phenoxy) is 2. The molecule has 2 atom stereocenters. The minimum absolute atomic E-state index is 0.0168. The molecule has 70 heavy (non-hydrogen) atoms. The van der Waals surface area contributed by atoms with Crippen molar-refractivity contribution in [3.8, 4) is 11.4 Å². The highest BCUT2D eigenvalue weighted by Crippen LogP contribution is 2.46. The van der Waals surface area contributed by atoms with Crippen LogP contribution in [0, 0.1) is 12.7 Å². The van der Waals surface area contributed by atoms with E-state index in [0.29, 0.717) is 58.2 Å². The number of pyridine rings is 2. The molecule has 1 aromatic carbocycles. The molecule has 25 heteroatoms. The molecule has 0 spiro atoms. The number of esters is 1. The Morgan fingerprint density at radius 2 is 1.40 bits per heavy atom. The van der Waals surface area contributed by atoms with Crippen molar-refractivity contribution in [1.82, 2.24) is 51.7 Å². The first kappa shape index (κ1) is 50.0. The Labute approximate surface area is 396 Å². The molecule has 0 radical (unpaired) electrons. The highest BCUT2D eigenvalue weighted by molar-refractivity contribution is 6.13. The minimum atomic E-state index is -2.04. The third kappa shape index (κ3) is 10.7. The van der Waals surface area contributed by atoms with Crippen LogP contribution in [0.25, 0.3) is 22.3 Å². The van der Waals surface area contributed by atoms with Crippen LogP contribution in [0.2, 0.25) is 0 Å². The zero-order valence-electron chi connectivity index (χ0n) is 38.0. The quantitative estimate of drug-likeness (QED) is 0.0190. The van der Waals surface area contributed by atoms with E-state index in [1.807, 2.05) is 0 Å². The minimum Gasteiger partial charge on any atom is -0.458 e. The van der Waals surface area contributed by atoms with E-state index in [1.54, 1.807) is 19.9 Å². The van der Waals surface area contributed by atoms with Crippen molar-refractivity contribution in [2.45, 2.75) is 70.7 Å². The van der Waals surface area contributed by atoms with Crippen LogP contribution in [0.3, 0.4) is 0 Å². The Morgan fingerprint density at radius 3 is 2.00 bits per heavy atom. The van der Waals surface area contributed by atoms with Crippen molar-refractivity contribution >= 4 is 70.0 Å². The van der Waals surface area contributed by atoms with Crippen LogP contribution < -0.4 is 42.8 Å².